The van der Waals surface area contributed by atoms with E-state index in [1.807, 2.05) is 38.1 Å². The molecule has 11 nitrogen and oxygen atoms in total. The van der Waals surface area contributed by atoms with Gasteiger partial charge in [-0.1, -0.05) is 35.4 Å². The molecule has 38 heavy (non-hydrogen) atoms. The van der Waals surface area contributed by atoms with E-state index in [1.54, 1.807) is 30.3 Å². The molecule has 1 aliphatic heterocycles. The van der Waals surface area contributed by atoms with Crippen LogP contribution in [0.1, 0.15) is 44.5 Å². The van der Waals surface area contributed by atoms with Crippen molar-refractivity contribution < 1.29 is 23.8 Å². The van der Waals surface area contributed by atoms with Gasteiger partial charge in [-0.2, -0.15) is 10.1 Å². The molecule has 0 bridgehead atoms. The van der Waals surface area contributed by atoms with E-state index >= 15 is 0 Å². The summed E-state index contributed by atoms with van der Waals surface area (Å²) in [5, 5.41) is 3.97. The summed E-state index contributed by atoms with van der Waals surface area (Å²) in [5.74, 6) is -0.773. The molecule has 11 heteroatoms. The van der Waals surface area contributed by atoms with E-state index < -0.39 is 36.1 Å². The van der Waals surface area contributed by atoms with Crippen molar-refractivity contribution >= 4 is 11.9 Å². The summed E-state index contributed by atoms with van der Waals surface area (Å²) in [4.78, 5) is 46.1. The first kappa shape index (κ1) is 25.0. The lowest BCUT2D eigenvalue weighted by Gasteiger charge is -2.19. The average molecular weight is 519 g/mol. The molecule has 0 radical (unpaired) electrons. The Bertz CT molecular complexity index is 1480. The van der Waals surface area contributed by atoms with E-state index in [4.69, 9.17) is 14.2 Å². The monoisotopic (exact) mass is 518 g/mol. The summed E-state index contributed by atoms with van der Waals surface area (Å²) in [6, 6.07) is 15.5. The van der Waals surface area contributed by atoms with Gasteiger partial charge in [0.2, 0.25) is 0 Å². The van der Waals surface area contributed by atoms with Crippen LogP contribution >= 0.6 is 0 Å². The van der Waals surface area contributed by atoms with Gasteiger partial charge in [0.25, 0.3) is 0 Å². The normalized spacial score (nSPS) is 18.7. The van der Waals surface area contributed by atoms with Gasteiger partial charge < -0.3 is 14.2 Å². The number of benzene rings is 2. The molecule has 1 aliphatic rings. The Kier molecular flexibility index (Phi) is 7.09. The van der Waals surface area contributed by atoms with Crippen LogP contribution in [0.5, 0.6) is 0 Å². The highest BCUT2D eigenvalue weighted by molar-refractivity contribution is 5.90. The van der Waals surface area contributed by atoms with E-state index in [9.17, 15) is 14.4 Å². The molecule has 1 saturated heterocycles. The molecular weight excluding hydrogens is 493 g/mol. The van der Waals surface area contributed by atoms with Crippen LogP contribution in [-0.2, 0) is 14.2 Å². The van der Waals surface area contributed by atoms with E-state index in [2.05, 4.69) is 15.1 Å². The molecule has 3 atom stereocenters. The third-order valence-electron chi connectivity index (χ3n) is 6.17. The number of aryl methyl sites for hydroxylation is 2. The summed E-state index contributed by atoms with van der Waals surface area (Å²) in [6.07, 6.45) is 2.08. The zero-order valence-electron chi connectivity index (χ0n) is 20.8. The number of hydrogen-bond donors (Lipinski definition) is 0. The molecule has 2 aromatic heterocycles. The maximum atomic E-state index is 12.9. The molecule has 0 N–H and O–H groups in total. The van der Waals surface area contributed by atoms with Gasteiger partial charge in [-0.3, -0.25) is 4.57 Å². The number of carbonyl (C=O) groups excluding carboxylic acids is 2. The van der Waals surface area contributed by atoms with Gasteiger partial charge >= 0.3 is 17.6 Å². The Morgan fingerprint density at radius 3 is 2.24 bits per heavy atom. The number of hydrogen-bond acceptors (Lipinski definition) is 9. The van der Waals surface area contributed by atoms with Crippen LogP contribution < -0.4 is 5.69 Å². The van der Waals surface area contributed by atoms with Gasteiger partial charge in [0.15, 0.2) is 5.82 Å². The number of ether oxygens (including phenoxy) is 3. The number of rotatable bonds is 7. The molecule has 0 amide bonds. The molecule has 1 fully saturated rings. The molecule has 3 heterocycles. The zero-order chi connectivity index (χ0) is 26.6. The largest absolute Gasteiger partial charge is 0.459 e. The van der Waals surface area contributed by atoms with Crippen molar-refractivity contribution in [3.63, 3.8) is 0 Å². The van der Waals surface area contributed by atoms with Gasteiger partial charge in [-0.15, -0.1) is 0 Å². The first-order valence-corrected chi connectivity index (χ1v) is 12.0. The Morgan fingerprint density at radius 2 is 1.63 bits per heavy atom. The molecule has 4 aromatic rings. The fraction of sp³-hybridized carbons (Fsp3) is 0.259. The van der Waals surface area contributed by atoms with Crippen LogP contribution in [0.25, 0.3) is 5.82 Å². The smallest absolute Gasteiger partial charge is 0.351 e. The first-order valence-electron chi connectivity index (χ1n) is 12.0. The standard InChI is InChI=1S/C27H25N5O6/c1-17-3-7-19(8-4-17)25(33)36-14-22-21(38-26(34)20-9-5-18(2)6-10-20)13-24(37-22)31-12-11-23(30-27(31)35)32-16-28-15-29-32/h3-12,15-16,21-22,24H,13-14H2,1-2H3/t21?,22-,24-/m1/s1/i27+1,30+1,31+1. The van der Waals surface area contributed by atoms with Crippen LogP contribution in [0.4, 0.5) is 0 Å². The third kappa shape index (κ3) is 5.52. The molecule has 2 aromatic carbocycles. The lowest BCUT2D eigenvalue weighted by Crippen LogP contribution is -2.32. The van der Waals surface area contributed by atoms with Gasteiger partial charge in [0, 0.05) is 12.6 Å². The van der Waals surface area contributed by atoms with Crippen LogP contribution in [0, 0.1) is 13.8 Å². The van der Waals surface area contributed by atoms with E-state index in [0.29, 0.717) is 16.9 Å². The predicted molar refractivity (Wildman–Crippen MR) is 134 cm³/mol. The van der Waals surface area contributed by atoms with Crippen molar-refractivity contribution in [1.29, 1.82) is 0 Å². The number of carbonyl (C=O) groups is 2. The highest BCUT2D eigenvalue weighted by Crippen LogP contribution is 2.31. The molecule has 194 valence electrons. The number of esters is 2. The van der Waals surface area contributed by atoms with E-state index in [-0.39, 0.29) is 13.0 Å². The topological polar surface area (TPSA) is 127 Å². The van der Waals surface area contributed by atoms with E-state index in [0.717, 1.165) is 11.1 Å². The Morgan fingerprint density at radius 1 is 0.974 bits per heavy atom. The molecule has 0 aliphatic carbocycles. The summed E-state index contributed by atoms with van der Waals surface area (Å²) in [7, 11) is 0. The van der Waals surface area contributed by atoms with Crippen LogP contribution in [0.15, 0.2) is 78.2 Å². The third-order valence-corrected chi connectivity index (χ3v) is 6.17. The Hall–Kier alpha value is -4.64. The second kappa shape index (κ2) is 10.8. The van der Waals surface area contributed by atoms with Gasteiger partial charge in [0.1, 0.15) is 37.7 Å². The summed E-state index contributed by atoms with van der Waals surface area (Å²) in [5.41, 5.74) is 2.21. The van der Waals surface area contributed by atoms with Crippen LogP contribution in [0.2, 0.25) is 0 Å². The maximum absolute atomic E-state index is 12.9. The lowest BCUT2D eigenvalue weighted by molar-refractivity contribution is -0.0582. The van der Waals surface area contributed by atoms with Crippen molar-refractivity contribution in [2.45, 2.75) is 38.7 Å². The molecule has 0 saturated carbocycles. The summed E-state index contributed by atoms with van der Waals surface area (Å²) >= 11 is 0. The molecular formula is C27H25N5O6. The van der Waals surface area contributed by atoms with Crippen LogP contribution in [-0.4, -0.2) is 55.1 Å². The quantitative estimate of drug-likeness (QED) is 0.339. The second-order valence-electron chi connectivity index (χ2n) is 8.95. The van der Waals surface area contributed by atoms with Crippen molar-refractivity contribution in [3.05, 3.63) is 106 Å². The predicted octanol–water partition coefficient (Wildman–Crippen LogP) is 2.81. The van der Waals surface area contributed by atoms with Crippen molar-refractivity contribution in [2.24, 2.45) is 0 Å². The summed E-state index contributed by atoms with van der Waals surface area (Å²) in [6.45, 7) is 3.67. The zero-order valence-corrected chi connectivity index (χ0v) is 20.8. The molecule has 1 unspecified atom stereocenters. The van der Waals surface area contributed by atoms with Crippen molar-refractivity contribution in [3.8, 4) is 5.82 Å². The van der Waals surface area contributed by atoms with Crippen LogP contribution in [0.3, 0.4) is 0 Å². The summed E-state index contributed by atoms with van der Waals surface area (Å²) < 4.78 is 20.0. The average Bonchev–Trinajstić information content (AvgIpc) is 3.59. The van der Waals surface area contributed by atoms with Gasteiger partial charge in [-0.05, 0) is 44.2 Å². The highest BCUT2D eigenvalue weighted by Gasteiger charge is 2.40. The minimum Gasteiger partial charge on any atom is -0.459 e. The molecule has 5 rings (SSSR count). The number of nitrogens with zero attached hydrogens (tertiary/aromatic N) is 5. The fourth-order valence-corrected chi connectivity index (χ4v) is 4.05. The lowest BCUT2D eigenvalue weighted by atomic mass is 10.1. The van der Waals surface area contributed by atoms with E-state index in [1.165, 1.54) is 28.1 Å². The number of aromatic nitrogens is 5. The van der Waals surface area contributed by atoms with Crippen molar-refractivity contribution in [2.75, 3.05) is 6.61 Å². The Labute approximate surface area is 217 Å². The van der Waals surface area contributed by atoms with Crippen molar-refractivity contribution in [1.82, 2.24) is 24.3 Å². The maximum Gasteiger partial charge on any atom is 0.351 e. The highest BCUT2D eigenvalue weighted by atomic mass is 16.6. The second-order valence-corrected chi connectivity index (χ2v) is 8.95. The van der Waals surface area contributed by atoms with Gasteiger partial charge in [0.05, 0.1) is 11.1 Å². The minimum atomic E-state index is -0.800. The SMILES string of the molecule is Cc1ccc(C(=O)OC[C@H]2O[C@@H]([15n]3ccc(-n4cncn4)[15n][13c]3=O)CC2OC(=O)c2ccc(C)cc2)cc1. The fourth-order valence-electron chi connectivity index (χ4n) is 4.05. The Balaban J connectivity index is 1.34. The molecule has 0 spiro atoms. The van der Waals surface area contributed by atoms with Gasteiger partial charge in [-0.25, -0.2) is 24.0 Å². The first-order chi connectivity index (χ1) is 18.4. The minimum absolute atomic E-state index is 0.161.